The van der Waals surface area contributed by atoms with E-state index in [0.717, 1.165) is 10.4 Å². The minimum Gasteiger partial charge on any atom is -0.382 e. The standard InChI is InChI=1S/C18H20BrN/c1-12-3-6-14(7-4-12)15-9-17(10-15)20-18-11-16(19)8-5-13(18)2/h3-8,11,15,17,20H,9-10H2,1-2H3. The van der Waals surface area contributed by atoms with Crippen LogP contribution in [0.2, 0.25) is 0 Å². The molecule has 0 heterocycles. The van der Waals surface area contributed by atoms with E-state index >= 15 is 0 Å². The lowest BCUT2D eigenvalue weighted by Crippen LogP contribution is -2.34. The smallest absolute Gasteiger partial charge is 0.0383 e. The lowest BCUT2D eigenvalue weighted by Gasteiger charge is -2.37. The molecular weight excluding hydrogens is 310 g/mol. The zero-order valence-corrected chi connectivity index (χ0v) is 13.6. The molecule has 0 aromatic heterocycles. The van der Waals surface area contributed by atoms with Gasteiger partial charge in [-0.3, -0.25) is 0 Å². The molecule has 1 fully saturated rings. The highest BCUT2D eigenvalue weighted by Crippen LogP contribution is 2.39. The maximum absolute atomic E-state index is 3.67. The van der Waals surface area contributed by atoms with Crippen LogP contribution < -0.4 is 5.32 Å². The van der Waals surface area contributed by atoms with Gasteiger partial charge >= 0.3 is 0 Å². The molecule has 104 valence electrons. The van der Waals surface area contributed by atoms with Gasteiger partial charge in [0.05, 0.1) is 0 Å². The van der Waals surface area contributed by atoms with Crippen LogP contribution in [0.15, 0.2) is 46.9 Å². The second-order valence-corrected chi connectivity index (χ2v) is 6.80. The van der Waals surface area contributed by atoms with E-state index in [2.05, 4.69) is 77.6 Å². The lowest BCUT2D eigenvalue weighted by atomic mass is 9.75. The first-order valence-electron chi connectivity index (χ1n) is 7.21. The van der Waals surface area contributed by atoms with Gasteiger partial charge in [0.25, 0.3) is 0 Å². The second-order valence-electron chi connectivity index (χ2n) is 5.88. The molecule has 2 aromatic rings. The van der Waals surface area contributed by atoms with E-state index in [1.54, 1.807) is 0 Å². The van der Waals surface area contributed by atoms with Crippen molar-refractivity contribution in [2.75, 3.05) is 5.32 Å². The van der Waals surface area contributed by atoms with Crippen LogP contribution in [0.5, 0.6) is 0 Å². The van der Waals surface area contributed by atoms with Crippen molar-refractivity contribution in [3.05, 3.63) is 63.6 Å². The predicted molar refractivity (Wildman–Crippen MR) is 89.4 cm³/mol. The summed E-state index contributed by atoms with van der Waals surface area (Å²) < 4.78 is 1.14. The van der Waals surface area contributed by atoms with Crippen molar-refractivity contribution in [3.63, 3.8) is 0 Å². The van der Waals surface area contributed by atoms with Crippen molar-refractivity contribution in [3.8, 4) is 0 Å². The van der Waals surface area contributed by atoms with Crippen molar-refractivity contribution < 1.29 is 0 Å². The van der Waals surface area contributed by atoms with Gasteiger partial charge in [-0.2, -0.15) is 0 Å². The Hall–Kier alpha value is -1.28. The third-order valence-electron chi connectivity index (χ3n) is 4.25. The molecule has 0 amide bonds. The third kappa shape index (κ3) is 2.90. The fourth-order valence-electron chi connectivity index (χ4n) is 2.82. The molecule has 3 rings (SSSR count). The average Bonchev–Trinajstić information content (AvgIpc) is 2.39. The van der Waals surface area contributed by atoms with Crippen LogP contribution in [0.1, 0.15) is 35.4 Å². The van der Waals surface area contributed by atoms with Gasteiger partial charge in [0.1, 0.15) is 0 Å². The van der Waals surface area contributed by atoms with E-state index < -0.39 is 0 Å². The molecule has 1 saturated carbocycles. The molecule has 0 spiro atoms. The van der Waals surface area contributed by atoms with Crippen LogP contribution in [0.4, 0.5) is 5.69 Å². The summed E-state index contributed by atoms with van der Waals surface area (Å²) in [5, 5.41) is 3.67. The van der Waals surface area contributed by atoms with Gasteiger partial charge in [-0.25, -0.2) is 0 Å². The average molecular weight is 330 g/mol. The number of aryl methyl sites for hydroxylation is 2. The molecule has 0 aliphatic heterocycles. The summed E-state index contributed by atoms with van der Waals surface area (Å²) in [4.78, 5) is 0. The van der Waals surface area contributed by atoms with Crippen LogP contribution >= 0.6 is 15.9 Å². The van der Waals surface area contributed by atoms with Crippen LogP contribution in [0, 0.1) is 13.8 Å². The predicted octanol–water partition coefficient (Wildman–Crippen LogP) is 5.42. The van der Waals surface area contributed by atoms with Gasteiger partial charge in [0, 0.05) is 16.2 Å². The molecule has 20 heavy (non-hydrogen) atoms. The molecule has 1 N–H and O–H groups in total. The Balaban J connectivity index is 1.60. The number of benzene rings is 2. The SMILES string of the molecule is Cc1ccc(C2CC(Nc3cc(Br)ccc3C)C2)cc1. The van der Waals surface area contributed by atoms with Crippen molar-refractivity contribution in [2.24, 2.45) is 0 Å². The Labute approximate surface area is 129 Å². The first-order chi connectivity index (χ1) is 9.61. The minimum absolute atomic E-state index is 0.606. The molecule has 0 radical (unpaired) electrons. The van der Waals surface area contributed by atoms with Crippen LogP contribution in [-0.2, 0) is 0 Å². The Bertz CT molecular complexity index is 597. The molecule has 0 atom stereocenters. The first kappa shape index (κ1) is 13.7. The Kier molecular flexibility index (Phi) is 3.84. The van der Waals surface area contributed by atoms with Gasteiger partial charge in [0.15, 0.2) is 0 Å². The van der Waals surface area contributed by atoms with Crippen LogP contribution in [0.3, 0.4) is 0 Å². The number of halogens is 1. The molecule has 2 aromatic carbocycles. The second kappa shape index (κ2) is 5.61. The van der Waals surface area contributed by atoms with Gasteiger partial charge in [-0.1, -0.05) is 51.8 Å². The van der Waals surface area contributed by atoms with Crippen molar-refractivity contribution >= 4 is 21.6 Å². The quantitative estimate of drug-likeness (QED) is 0.792. The molecule has 0 saturated heterocycles. The molecule has 2 heteroatoms. The highest BCUT2D eigenvalue weighted by Gasteiger charge is 2.30. The zero-order chi connectivity index (χ0) is 14.1. The minimum atomic E-state index is 0.606. The maximum Gasteiger partial charge on any atom is 0.0383 e. The highest BCUT2D eigenvalue weighted by atomic mass is 79.9. The van der Waals surface area contributed by atoms with Crippen molar-refractivity contribution in [1.82, 2.24) is 0 Å². The van der Waals surface area contributed by atoms with E-state index in [4.69, 9.17) is 0 Å². The largest absolute Gasteiger partial charge is 0.382 e. The third-order valence-corrected chi connectivity index (χ3v) is 4.74. The first-order valence-corrected chi connectivity index (χ1v) is 8.00. The summed E-state index contributed by atoms with van der Waals surface area (Å²) in [6, 6.07) is 16.0. The van der Waals surface area contributed by atoms with Gasteiger partial charge < -0.3 is 5.32 Å². The van der Waals surface area contributed by atoms with Gasteiger partial charge in [0.2, 0.25) is 0 Å². The molecule has 1 aliphatic carbocycles. The van der Waals surface area contributed by atoms with E-state index in [9.17, 15) is 0 Å². The molecule has 1 nitrogen and oxygen atoms in total. The number of hydrogen-bond acceptors (Lipinski definition) is 1. The van der Waals surface area contributed by atoms with E-state index in [-0.39, 0.29) is 0 Å². The summed E-state index contributed by atoms with van der Waals surface area (Å²) in [6.45, 7) is 4.30. The summed E-state index contributed by atoms with van der Waals surface area (Å²) in [7, 11) is 0. The normalized spacial score (nSPS) is 21.4. The van der Waals surface area contributed by atoms with Crippen LogP contribution in [0.25, 0.3) is 0 Å². The highest BCUT2D eigenvalue weighted by molar-refractivity contribution is 9.10. The number of rotatable bonds is 3. The Morgan fingerprint density at radius 2 is 1.70 bits per heavy atom. The monoisotopic (exact) mass is 329 g/mol. The zero-order valence-electron chi connectivity index (χ0n) is 12.0. The van der Waals surface area contributed by atoms with Crippen LogP contribution in [-0.4, -0.2) is 6.04 Å². The maximum atomic E-state index is 3.67. The topological polar surface area (TPSA) is 12.0 Å². The van der Waals surface area contributed by atoms with E-state index in [1.807, 2.05) is 0 Å². The lowest BCUT2D eigenvalue weighted by molar-refractivity contribution is 0.374. The molecular formula is C18H20BrN. The molecule has 0 bridgehead atoms. The number of anilines is 1. The molecule has 1 aliphatic rings. The number of hydrogen-bond donors (Lipinski definition) is 1. The Morgan fingerprint density at radius 1 is 1.00 bits per heavy atom. The fourth-order valence-corrected chi connectivity index (χ4v) is 3.18. The van der Waals surface area contributed by atoms with Crippen molar-refractivity contribution in [2.45, 2.75) is 38.6 Å². The van der Waals surface area contributed by atoms with E-state index in [0.29, 0.717) is 6.04 Å². The van der Waals surface area contributed by atoms with E-state index in [1.165, 1.54) is 35.2 Å². The summed E-state index contributed by atoms with van der Waals surface area (Å²) in [5.41, 5.74) is 5.39. The summed E-state index contributed by atoms with van der Waals surface area (Å²) >= 11 is 3.54. The molecule has 0 unspecified atom stereocenters. The Morgan fingerprint density at radius 3 is 2.40 bits per heavy atom. The fraction of sp³-hybridized carbons (Fsp3) is 0.333. The number of nitrogens with one attached hydrogen (secondary N) is 1. The summed E-state index contributed by atoms with van der Waals surface area (Å²) in [5.74, 6) is 0.723. The van der Waals surface area contributed by atoms with Gasteiger partial charge in [-0.05, 0) is 55.9 Å². The summed E-state index contributed by atoms with van der Waals surface area (Å²) in [6.07, 6.45) is 2.46. The van der Waals surface area contributed by atoms with Crippen molar-refractivity contribution in [1.29, 1.82) is 0 Å². The van der Waals surface area contributed by atoms with Gasteiger partial charge in [-0.15, -0.1) is 0 Å².